The van der Waals surface area contributed by atoms with E-state index in [2.05, 4.69) is 73.3 Å². The smallest absolute Gasteiger partial charge is 0.0233 e. The van der Waals surface area contributed by atoms with Crippen LogP contribution in [-0.4, -0.2) is 0 Å². The summed E-state index contributed by atoms with van der Waals surface area (Å²) in [4.78, 5) is 0. The van der Waals surface area contributed by atoms with E-state index in [9.17, 15) is 0 Å². The number of hydrogen-bond donors (Lipinski definition) is 0. The molecule has 3 fully saturated rings. The first kappa shape index (κ1) is 25.4. The van der Waals surface area contributed by atoms with E-state index < -0.39 is 0 Å². The van der Waals surface area contributed by atoms with Crippen molar-refractivity contribution < 1.29 is 0 Å². The van der Waals surface area contributed by atoms with Crippen LogP contribution in [0.1, 0.15) is 126 Å². The largest absolute Gasteiger partial charge is 0.0923 e. The summed E-state index contributed by atoms with van der Waals surface area (Å²) < 4.78 is 0. The monoisotopic (exact) mass is 450 g/mol. The highest BCUT2D eigenvalue weighted by Gasteiger charge is 2.60. The van der Waals surface area contributed by atoms with Crippen molar-refractivity contribution in [2.75, 3.05) is 0 Å². The van der Waals surface area contributed by atoms with Gasteiger partial charge in [-0.3, -0.25) is 0 Å². The summed E-state index contributed by atoms with van der Waals surface area (Å²) in [6.07, 6.45) is 18.4. The Morgan fingerprint density at radius 1 is 0.939 bits per heavy atom. The Labute approximate surface area is 207 Å². The van der Waals surface area contributed by atoms with Gasteiger partial charge in [-0.15, -0.1) is 0 Å². The summed E-state index contributed by atoms with van der Waals surface area (Å²) >= 11 is 0. The summed E-state index contributed by atoms with van der Waals surface area (Å²) in [5.74, 6) is 13.7. The Bertz CT molecular complexity index is 781. The number of hydrogen-bond acceptors (Lipinski definition) is 0. The van der Waals surface area contributed by atoms with Gasteiger partial charge in [-0.1, -0.05) is 71.8 Å². The van der Waals surface area contributed by atoms with Crippen LogP contribution < -0.4 is 0 Å². The number of rotatable bonds is 5. The average molecular weight is 451 g/mol. The molecule has 0 spiro atoms. The second kappa shape index (κ2) is 9.40. The molecule has 0 aliphatic heterocycles. The maximum absolute atomic E-state index is 3.58. The highest BCUT2D eigenvalue weighted by Crippen LogP contribution is 2.68. The van der Waals surface area contributed by atoms with Gasteiger partial charge in [0.05, 0.1) is 0 Å². The topological polar surface area (TPSA) is 0 Å². The fourth-order valence-electron chi connectivity index (χ4n) is 9.27. The van der Waals surface area contributed by atoms with Gasteiger partial charge >= 0.3 is 0 Å². The zero-order valence-electron chi connectivity index (χ0n) is 23.4. The van der Waals surface area contributed by atoms with E-state index in [1.807, 2.05) is 0 Å². The molecule has 0 unspecified atom stereocenters. The van der Waals surface area contributed by atoms with Crippen LogP contribution in [0.2, 0.25) is 0 Å². The molecule has 186 valence electrons. The van der Waals surface area contributed by atoms with Crippen molar-refractivity contribution in [3.63, 3.8) is 0 Å². The standard InChI is InChI=1S/C33H54/c1-23(2)10-9-11-24(3)28-14-15-29-27-13-12-26-22-25(16-19-31(4,5)6)17-20-32(26,7)30(27)18-21-33(28,29)8/h17,23-24,26-30H,9-15,18,20-22H2,1-8H3/t24-,26-,27-,28+,29-,30-,32-,33+/m0/s1. The van der Waals surface area contributed by atoms with Crippen LogP contribution in [0, 0.1) is 69.5 Å². The van der Waals surface area contributed by atoms with Crippen LogP contribution in [-0.2, 0) is 0 Å². The third-order valence-corrected chi connectivity index (χ3v) is 11.1. The average Bonchev–Trinajstić information content (AvgIpc) is 3.08. The Balaban J connectivity index is 1.46. The summed E-state index contributed by atoms with van der Waals surface area (Å²) in [6.45, 7) is 19.5. The molecule has 33 heavy (non-hydrogen) atoms. The summed E-state index contributed by atoms with van der Waals surface area (Å²) in [5, 5.41) is 0. The second-order valence-electron chi connectivity index (χ2n) is 14.8. The lowest BCUT2D eigenvalue weighted by molar-refractivity contribution is -0.101. The van der Waals surface area contributed by atoms with Crippen LogP contribution in [0.4, 0.5) is 0 Å². The van der Waals surface area contributed by atoms with Crippen molar-refractivity contribution in [1.82, 2.24) is 0 Å². The molecule has 0 radical (unpaired) electrons. The normalized spacial score (nSPS) is 41.4. The molecule has 0 amide bonds. The van der Waals surface area contributed by atoms with Crippen molar-refractivity contribution in [1.29, 1.82) is 0 Å². The molecule has 0 aromatic rings. The lowest BCUT2D eigenvalue weighted by atomic mass is 9.45. The Hall–Kier alpha value is -0.700. The predicted molar refractivity (Wildman–Crippen MR) is 144 cm³/mol. The van der Waals surface area contributed by atoms with Gasteiger partial charge in [0.2, 0.25) is 0 Å². The second-order valence-corrected chi connectivity index (χ2v) is 14.8. The predicted octanol–water partition coefficient (Wildman–Crippen LogP) is 9.69. The molecule has 0 N–H and O–H groups in total. The number of allylic oxidation sites excluding steroid dienone is 2. The molecule has 4 aliphatic rings. The molecule has 4 rings (SSSR count). The molecule has 0 bridgehead atoms. The van der Waals surface area contributed by atoms with Crippen LogP contribution in [0.15, 0.2) is 11.6 Å². The van der Waals surface area contributed by atoms with E-state index in [1.165, 1.54) is 76.2 Å². The van der Waals surface area contributed by atoms with Gasteiger partial charge in [-0.25, -0.2) is 0 Å². The van der Waals surface area contributed by atoms with E-state index in [1.54, 1.807) is 0 Å². The zero-order valence-corrected chi connectivity index (χ0v) is 23.4. The third kappa shape index (κ3) is 5.00. The van der Waals surface area contributed by atoms with Crippen LogP contribution in [0.25, 0.3) is 0 Å². The molecule has 0 heterocycles. The highest BCUT2D eigenvalue weighted by molar-refractivity contribution is 5.33. The minimum absolute atomic E-state index is 0.109. The Morgan fingerprint density at radius 2 is 1.67 bits per heavy atom. The van der Waals surface area contributed by atoms with E-state index in [0.717, 1.165) is 41.4 Å². The van der Waals surface area contributed by atoms with Crippen molar-refractivity contribution in [3.8, 4) is 11.8 Å². The first-order valence-corrected chi connectivity index (χ1v) is 14.7. The summed E-state index contributed by atoms with van der Waals surface area (Å²) in [7, 11) is 0. The van der Waals surface area contributed by atoms with Gasteiger partial charge < -0.3 is 0 Å². The molecule has 0 heteroatoms. The quantitative estimate of drug-likeness (QED) is 0.366. The molecule has 3 saturated carbocycles. The highest BCUT2D eigenvalue weighted by atomic mass is 14.6. The van der Waals surface area contributed by atoms with Gasteiger partial charge in [0.25, 0.3) is 0 Å². The van der Waals surface area contributed by atoms with Gasteiger partial charge in [0, 0.05) is 5.41 Å². The fourth-order valence-corrected chi connectivity index (χ4v) is 9.27. The van der Waals surface area contributed by atoms with Crippen LogP contribution in [0.3, 0.4) is 0 Å². The van der Waals surface area contributed by atoms with Crippen LogP contribution >= 0.6 is 0 Å². The SMILES string of the molecule is CC(C)CCC[C@H](C)[C@H]1CC[C@H]2[C@@H]3CC[C@H]4CC(C#CC(C)(C)C)=CC[C@]4(C)[C@H]3CC[C@]12C. The number of fused-ring (bicyclic) bond motifs is 5. The molecule has 0 saturated heterocycles. The lowest BCUT2D eigenvalue weighted by Crippen LogP contribution is -2.52. The maximum Gasteiger partial charge on any atom is 0.0233 e. The summed E-state index contributed by atoms with van der Waals surface area (Å²) in [6, 6.07) is 0. The van der Waals surface area contributed by atoms with Gasteiger partial charge in [0.15, 0.2) is 0 Å². The van der Waals surface area contributed by atoms with Crippen molar-refractivity contribution in [2.24, 2.45) is 57.7 Å². The zero-order chi connectivity index (χ0) is 24.0. The minimum Gasteiger partial charge on any atom is -0.0923 e. The Kier molecular flexibility index (Phi) is 7.23. The van der Waals surface area contributed by atoms with E-state index >= 15 is 0 Å². The van der Waals surface area contributed by atoms with Gasteiger partial charge in [-0.2, -0.15) is 0 Å². The molecule has 0 nitrogen and oxygen atoms in total. The Morgan fingerprint density at radius 3 is 2.36 bits per heavy atom. The molecule has 0 aromatic carbocycles. The van der Waals surface area contributed by atoms with Gasteiger partial charge in [-0.05, 0) is 130 Å². The summed E-state index contributed by atoms with van der Waals surface area (Å²) in [5.41, 5.74) is 2.70. The van der Waals surface area contributed by atoms with Crippen molar-refractivity contribution >= 4 is 0 Å². The van der Waals surface area contributed by atoms with Crippen molar-refractivity contribution in [2.45, 2.75) is 126 Å². The van der Waals surface area contributed by atoms with E-state index in [0.29, 0.717) is 10.8 Å². The van der Waals surface area contributed by atoms with Gasteiger partial charge in [0.1, 0.15) is 0 Å². The van der Waals surface area contributed by atoms with Crippen molar-refractivity contribution in [3.05, 3.63) is 11.6 Å². The molecular weight excluding hydrogens is 396 g/mol. The maximum atomic E-state index is 3.58. The lowest BCUT2D eigenvalue weighted by Gasteiger charge is -2.60. The molecular formula is C33H54. The molecule has 8 atom stereocenters. The van der Waals surface area contributed by atoms with E-state index in [4.69, 9.17) is 0 Å². The first-order chi connectivity index (χ1) is 15.4. The third-order valence-electron chi connectivity index (χ3n) is 11.1. The molecule has 0 aromatic heterocycles. The molecule has 4 aliphatic carbocycles. The fraction of sp³-hybridized carbons (Fsp3) is 0.879. The van der Waals surface area contributed by atoms with E-state index in [-0.39, 0.29) is 5.41 Å². The van der Waals surface area contributed by atoms with Crippen LogP contribution in [0.5, 0.6) is 0 Å². The minimum atomic E-state index is 0.109. The first-order valence-electron chi connectivity index (χ1n) is 14.7.